The van der Waals surface area contributed by atoms with Crippen LogP contribution in [-0.2, 0) is 11.3 Å². The highest BCUT2D eigenvalue weighted by Gasteiger charge is 2.32. The molecule has 1 aromatic carbocycles. The molecule has 0 atom stereocenters. The summed E-state index contributed by atoms with van der Waals surface area (Å²) in [5.74, 6) is -0.538. The summed E-state index contributed by atoms with van der Waals surface area (Å²) >= 11 is 13.0. The Morgan fingerprint density at radius 1 is 1.24 bits per heavy atom. The normalized spacial score (nSPS) is 13.6. The molecule has 0 aliphatic heterocycles. The zero-order chi connectivity index (χ0) is 27.8. The Bertz CT molecular complexity index is 1370. The predicted molar refractivity (Wildman–Crippen MR) is 142 cm³/mol. The van der Waals surface area contributed by atoms with Crippen LogP contribution < -0.4 is 15.4 Å². The molecule has 9 nitrogen and oxygen atoms in total. The van der Waals surface area contributed by atoms with E-state index in [1.807, 2.05) is 0 Å². The summed E-state index contributed by atoms with van der Waals surface area (Å²) in [7, 11) is 1.65. The summed E-state index contributed by atoms with van der Waals surface area (Å²) in [6, 6.07) is 4.92. The molecule has 0 radical (unpaired) electrons. The van der Waals surface area contributed by atoms with E-state index in [1.54, 1.807) is 44.9 Å². The zero-order valence-electron chi connectivity index (χ0n) is 21.3. The van der Waals surface area contributed by atoms with Crippen molar-refractivity contribution in [1.82, 2.24) is 25.2 Å². The van der Waals surface area contributed by atoms with Gasteiger partial charge in [0.2, 0.25) is 17.7 Å². The molecule has 2 amide bonds. The van der Waals surface area contributed by atoms with E-state index in [-0.39, 0.29) is 52.5 Å². The number of rotatable bonds is 9. The van der Waals surface area contributed by atoms with E-state index >= 15 is 0 Å². The van der Waals surface area contributed by atoms with Gasteiger partial charge in [-0.1, -0.05) is 50.0 Å². The minimum Gasteiger partial charge on any atom is -0.471 e. The highest BCUT2D eigenvalue weighted by molar-refractivity contribution is 6.39. The van der Waals surface area contributed by atoms with Gasteiger partial charge in [-0.05, 0) is 30.5 Å². The summed E-state index contributed by atoms with van der Waals surface area (Å²) in [6.45, 7) is 4.70. The monoisotopic (exact) mass is 568 g/mol. The molecule has 3 N–H and O–H groups in total. The Morgan fingerprint density at radius 3 is 2.58 bits per heavy atom. The molecule has 1 aliphatic carbocycles. The van der Waals surface area contributed by atoms with Crippen molar-refractivity contribution >= 4 is 57.8 Å². The number of carbonyl (C=O) groups excluding carboxylic acids is 2. The van der Waals surface area contributed by atoms with Crippen molar-refractivity contribution in [3.63, 3.8) is 0 Å². The average Bonchev–Trinajstić information content (AvgIpc) is 3.62. The first-order valence-corrected chi connectivity index (χ1v) is 12.7. The van der Waals surface area contributed by atoms with Gasteiger partial charge in [-0.3, -0.25) is 9.59 Å². The smallest absolute Gasteiger partial charge is 0.272 e. The number of fused-ring (bicyclic) bond motifs is 1. The van der Waals surface area contributed by atoms with Crippen molar-refractivity contribution in [2.24, 2.45) is 5.41 Å². The number of benzene rings is 1. The second-order valence-electron chi connectivity index (χ2n) is 10.1. The number of carbonyl (C=O) groups is 2. The van der Waals surface area contributed by atoms with E-state index in [4.69, 9.17) is 27.9 Å². The third-order valence-corrected chi connectivity index (χ3v) is 6.71. The maximum absolute atomic E-state index is 13.0. The van der Waals surface area contributed by atoms with E-state index in [2.05, 4.69) is 25.6 Å². The SMILES string of the molecule is CN(C(=O)c1cc2[nH]c(Nc3c(Cl)ccc(CNC(=O)C(C)(C)C)c3Cl)nc2nc1OCC(F)F)C1CC1. The second kappa shape index (κ2) is 10.9. The lowest BCUT2D eigenvalue weighted by Crippen LogP contribution is -2.34. The predicted octanol–water partition coefficient (Wildman–Crippen LogP) is 5.55. The summed E-state index contributed by atoms with van der Waals surface area (Å²) in [5, 5.41) is 6.45. The van der Waals surface area contributed by atoms with Gasteiger partial charge >= 0.3 is 0 Å². The molecule has 3 aromatic rings. The van der Waals surface area contributed by atoms with Gasteiger partial charge in [0.05, 0.1) is 21.2 Å². The number of halogens is 4. The molecule has 2 aromatic heterocycles. The Kier molecular flexibility index (Phi) is 7.98. The first-order chi connectivity index (χ1) is 17.8. The fraction of sp³-hybridized carbons (Fsp3) is 0.440. The third kappa shape index (κ3) is 6.27. The molecule has 4 rings (SSSR count). The number of alkyl halides is 2. The van der Waals surface area contributed by atoms with Crippen LogP contribution in [0.15, 0.2) is 18.2 Å². The van der Waals surface area contributed by atoms with Gasteiger partial charge in [0.15, 0.2) is 12.3 Å². The molecular weight excluding hydrogens is 541 g/mol. The van der Waals surface area contributed by atoms with Crippen LogP contribution in [0.2, 0.25) is 10.0 Å². The fourth-order valence-corrected chi connectivity index (χ4v) is 4.15. The molecule has 0 saturated heterocycles. The number of hydrogen-bond donors (Lipinski definition) is 3. The third-order valence-electron chi connectivity index (χ3n) is 5.96. The summed E-state index contributed by atoms with van der Waals surface area (Å²) in [5.41, 5.74) is 0.981. The van der Waals surface area contributed by atoms with E-state index < -0.39 is 18.4 Å². The van der Waals surface area contributed by atoms with Crippen molar-refractivity contribution in [3.05, 3.63) is 39.4 Å². The second-order valence-corrected chi connectivity index (χ2v) is 10.9. The van der Waals surface area contributed by atoms with Crippen molar-refractivity contribution < 1.29 is 23.1 Å². The largest absolute Gasteiger partial charge is 0.471 e. The van der Waals surface area contributed by atoms with Crippen LogP contribution in [0, 0.1) is 5.41 Å². The Balaban J connectivity index is 1.63. The summed E-state index contributed by atoms with van der Waals surface area (Å²) in [6.07, 6.45) is -0.981. The van der Waals surface area contributed by atoms with Crippen molar-refractivity contribution in [2.45, 2.75) is 52.6 Å². The van der Waals surface area contributed by atoms with Crippen molar-refractivity contribution in [1.29, 1.82) is 0 Å². The van der Waals surface area contributed by atoms with Gasteiger partial charge < -0.3 is 25.3 Å². The molecule has 0 unspecified atom stereocenters. The highest BCUT2D eigenvalue weighted by atomic mass is 35.5. The minimum absolute atomic E-state index is 0.0513. The number of aromatic nitrogens is 3. The first-order valence-electron chi connectivity index (χ1n) is 12.0. The van der Waals surface area contributed by atoms with Crippen LogP contribution in [0.4, 0.5) is 20.4 Å². The van der Waals surface area contributed by atoms with Gasteiger partial charge in [-0.15, -0.1) is 0 Å². The van der Waals surface area contributed by atoms with Crippen LogP contribution in [0.1, 0.15) is 49.5 Å². The number of imidazole rings is 1. The molecule has 204 valence electrons. The summed E-state index contributed by atoms with van der Waals surface area (Å²) < 4.78 is 30.9. The Morgan fingerprint density at radius 2 is 1.95 bits per heavy atom. The van der Waals surface area contributed by atoms with Gasteiger partial charge in [0, 0.05) is 25.0 Å². The molecule has 2 heterocycles. The molecule has 13 heteroatoms. The van der Waals surface area contributed by atoms with E-state index in [1.165, 1.54) is 6.07 Å². The Labute approximate surface area is 228 Å². The average molecular weight is 569 g/mol. The van der Waals surface area contributed by atoms with Crippen molar-refractivity contribution in [2.75, 3.05) is 19.0 Å². The molecule has 1 saturated carbocycles. The molecule has 0 bridgehead atoms. The van der Waals surface area contributed by atoms with Crippen LogP contribution in [0.25, 0.3) is 11.2 Å². The van der Waals surface area contributed by atoms with Gasteiger partial charge in [-0.2, -0.15) is 9.97 Å². The van der Waals surface area contributed by atoms with Gasteiger partial charge in [0.25, 0.3) is 12.3 Å². The minimum atomic E-state index is -2.74. The quantitative estimate of drug-likeness (QED) is 0.312. The topological polar surface area (TPSA) is 112 Å². The fourth-order valence-electron chi connectivity index (χ4n) is 3.61. The van der Waals surface area contributed by atoms with E-state index in [0.717, 1.165) is 12.8 Å². The molecule has 0 spiro atoms. The summed E-state index contributed by atoms with van der Waals surface area (Å²) in [4.78, 5) is 38.4. The highest BCUT2D eigenvalue weighted by Crippen LogP contribution is 2.36. The molecule has 1 fully saturated rings. The molecule has 1 aliphatic rings. The zero-order valence-corrected chi connectivity index (χ0v) is 22.8. The number of aromatic amines is 1. The first kappa shape index (κ1) is 27.8. The molecular formula is C25H28Cl2F2N6O3. The standard InChI is InChI=1S/C25H28Cl2F2N6O3/c1-25(2,3)23(37)30-10-12-5-8-15(26)19(18(12)27)32-24-31-16-9-14(22(36)35(4)13-6-7-13)21(33-20(16)34-24)38-11-17(28)29/h5,8-9,13,17H,6-7,10-11H2,1-4H3,(H,30,37)(H2,31,32,33,34). The number of nitrogens with zero attached hydrogens (tertiary/aromatic N) is 3. The number of nitrogens with one attached hydrogen (secondary N) is 3. The van der Waals surface area contributed by atoms with E-state index in [9.17, 15) is 18.4 Å². The van der Waals surface area contributed by atoms with Gasteiger partial charge in [0.1, 0.15) is 5.56 Å². The van der Waals surface area contributed by atoms with Crippen LogP contribution in [-0.4, -0.2) is 57.8 Å². The number of anilines is 2. The van der Waals surface area contributed by atoms with Crippen LogP contribution in [0.3, 0.4) is 0 Å². The Hall–Kier alpha value is -3.18. The van der Waals surface area contributed by atoms with Crippen LogP contribution >= 0.6 is 23.2 Å². The number of ether oxygens (including phenoxy) is 1. The van der Waals surface area contributed by atoms with Gasteiger partial charge in [-0.25, -0.2) is 8.78 Å². The lowest BCUT2D eigenvalue weighted by atomic mass is 9.95. The molecule has 38 heavy (non-hydrogen) atoms. The van der Waals surface area contributed by atoms with Crippen molar-refractivity contribution in [3.8, 4) is 5.88 Å². The number of hydrogen-bond acceptors (Lipinski definition) is 6. The van der Waals surface area contributed by atoms with Crippen LogP contribution in [0.5, 0.6) is 5.88 Å². The number of pyridine rings is 1. The lowest BCUT2D eigenvalue weighted by Gasteiger charge is -2.18. The number of H-pyrrole nitrogens is 1. The van der Waals surface area contributed by atoms with E-state index in [0.29, 0.717) is 21.8 Å². The maximum Gasteiger partial charge on any atom is 0.272 e. The maximum atomic E-state index is 13.0. The lowest BCUT2D eigenvalue weighted by molar-refractivity contribution is -0.128. The number of amides is 2.